The molecule has 1 N–H and O–H groups in total. The van der Waals surface area contributed by atoms with E-state index in [1.54, 1.807) is 12.4 Å². The van der Waals surface area contributed by atoms with Gasteiger partial charge in [-0.2, -0.15) is 0 Å². The van der Waals surface area contributed by atoms with Crippen LogP contribution in [0.1, 0.15) is 38.6 Å². The van der Waals surface area contributed by atoms with Gasteiger partial charge >= 0.3 is 6.09 Å². The number of amides is 1. The van der Waals surface area contributed by atoms with Gasteiger partial charge in [0.1, 0.15) is 5.60 Å². The van der Waals surface area contributed by atoms with Crippen molar-refractivity contribution >= 4 is 12.2 Å². The fourth-order valence-corrected chi connectivity index (χ4v) is 1.34. The molecule has 104 valence electrons. The zero-order valence-corrected chi connectivity index (χ0v) is 11.9. The number of nitrogens with zero attached hydrogens (tertiary/aromatic N) is 2. The van der Waals surface area contributed by atoms with E-state index in [1.165, 1.54) is 0 Å². The molecule has 0 spiro atoms. The van der Waals surface area contributed by atoms with Crippen molar-refractivity contribution in [1.82, 2.24) is 15.3 Å². The second kappa shape index (κ2) is 6.87. The van der Waals surface area contributed by atoms with E-state index in [9.17, 15) is 4.79 Å². The largest absolute Gasteiger partial charge is 0.444 e. The van der Waals surface area contributed by atoms with Crippen LogP contribution in [-0.2, 0) is 4.74 Å². The molecule has 0 aromatic carbocycles. The fourth-order valence-electron chi connectivity index (χ4n) is 1.34. The monoisotopic (exact) mass is 263 g/mol. The van der Waals surface area contributed by atoms with Crippen molar-refractivity contribution in [2.75, 3.05) is 6.54 Å². The highest BCUT2D eigenvalue weighted by Gasteiger charge is 2.14. The van der Waals surface area contributed by atoms with Gasteiger partial charge in [-0.05, 0) is 40.2 Å². The number of hydrogen-bond acceptors (Lipinski definition) is 4. The number of nitrogens with one attached hydrogen (secondary N) is 1. The van der Waals surface area contributed by atoms with Gasteiger partial charge in [0.25, 0.3) is 0 Å². The van der Waals surface area contributed by atoms with Crippen LogP contribution in [-0.4, -0.2) is 28.2 Å². The van der Waals surface area contributed by atoms with Crippen molar-refractivity contribution in [3.05, 3.63) is 29.9 Å². The molecule has 1 aromatic rings. The number of alkyl carbamates (subject to hydrolysis) is 1. The van der Waals surface area contributed by atoms with Crippen LogP contribution in [0.15, 0.2) is 18.5 Å². The summed E-state index contributed by atoms with van der Waals surface area (Å²) in [6, 6.07) is 0. The molecule has 0 fully saturated rings. The Morgan fingerprint density at radius 2 is 2.16 bits per heavy atom. The highest BCUT2D eigenvalue weighted by atomic mass is 16.6. The highest BCUT2D eigenvalue weighted by molar-refractivity contribution is 5.67. The first-order chi connectivity index (χ1) is 8.87. The molecule has 1 rings (SSSR count). The highest BCUT2D eigenvalue weighted by Crippen LogP contribution is 2.06. The van der Waals surface area contributed by atoms with Crippen LogP contribution in [0.25, 0.3) is 6.08 Å². The number of carbonyl (C=O) groups excluding carboxylic acids is 1. The molecule has 0 bridgehead atoms. The average molecular weight is 263 g/mol. The predicted octanol–water partition coefficient (Wildman–Crippen LogP) is 2.71. The number of hydrogen-bond donors (Lipinski definition) is 1. The lowest BCUT2D eigenvalue weighted by molar-refractivity contribution is 0.0529. The van der Waals surface area contributed by atoms with Crippen molar-refractivity contribution in [2.24, 2.45) is 0 Å². The maximum Gasteiger partial charge on any atom is 0.407 e. The lowest BCUT2D eigenvalue weighted by atomic mass is 10.2. The molecule has 1 amide bonds. The van der Waals surface area contributed by atoms with Gasteiger partial charge < -0.3 is 10.1 Å². The van der Waals surface area contributed by atoms with Crippen LogP contribution in [0.5, 0.6) is 0 Å². The van der Waals surface area contributed by atoms with E-state index >= 15 is 0 Å². The van der Waals surface area contributed by atoms with Crippen LogP contribution < -0.4 is 5.32 Å². The van der Waals surface area contributed by atoms with E-state index in [1.807, 2.05) is 39.8 Å². The second-order valence-electron chi connectivity index (χ2n) is 5.21. The van der Waals surface area contributed by atoms with E-state index in [0.717, 1.165) is 17.8 Å². The molecular formula is C14H21N3O2. The molecule has 0 aliphatic carbocycles. The first-order valence-corrected chi connectivity index (χ1v) is 6.29. The maximum atomic E-state index is 11.4. The topological polar surface area (TPSA) is 64.1 Å². The molecule has 19 heavy (non-hydrogen) atoms. The Labute approximate surface area is 114 Å². The first-order valence-electron chi connectivity index (χ1n) is 6.29. The Kier molecular flexibility index (Phi) is 5.48. The van der Waals surface area contributed by atoms with Gasteiger partial charge in [-0.3, -0.25) is 9.97 Å². The van der Waals surface area contributed by atoms with Crippen LogP contribution in [0.4, 0.5) is 4.79 Å². The molecule has 5 nitrogen and oxygen atoms in total. The molecule has 0 aliphatic heterocycles. The van der Waals surface area contributed by atoms with Crippen molar-refractivity contribution in [2.45, 2.75) is 39.7 Å². The quantitative estimate of drug-likeness (QED) is 0.848. The molecule has 0 atom stereocenters. The Bertz CT molecular complexity index is 450. The van der Waals surface area contributed by atoms with Gasteiger partial charge in [0.15, 0.2) is 0 Å². The Balaban J connectivity index is 2.26. The summed E-state index contributed by atoms with van der Waals surface area (Å²) in [5.74, 6) is 0. The van der Waals surface area contributed by atoms with E-state index in [4.69, 9.17) is 4.74 Å². The van der Waals surface area contributed by atoms with E-state index in [0.29, 0.717) is 6.54 Å². The lowest BCUT2D eigenvalue weighted by Crippen LogP contribution is -2.32. The Morgan fingerprint density at radius 1 is 1.42 bits per heavy atom. The second-order valence-corrected chi connectivity index (χ2v) is 5.21. The summed E-state index contributed by atoms with van der Waals surface area (Å²) < 4.78 is 5.12. The van der Waals surface area contributed by atoms with Gasteiger partial charge in [-0.1, -0.05) is 6.08 Å². The summed E-state index contributed by atoms with van der Waals surface area (Å²) in [4.78, 5) is 19.7. The minimum atomic E-state index is -0.461. The number of rotatable bonds is 4. The predicted molar refractivity (Wildman–Crippen MR) is 74.7 cm³/mol. The zero-order chi connectivity index (χ0) is 14.3. The number of ether oxygens (including phenoxy) is 1. The van der Waals surface area contributed by atoms with Crippen molar-refractivity contribution in [3.63, 3.8) is 0 Å². The molecule has 1 heterocycles. The van der Waals surface area contributed by atoms with Gasteiger partial charge in [0.05, 0.1) is 17.6 Å². The zero-order valence-electron chi connectivity index (χ0n) is 11.9. The summed E-state index contributed by atoms with van der Waals surface area (Å²) >= 11 is 0. The fraction of sp³-hybridized carbons (Fsp3) is 0.500. The van der Waals surface area contributed by atoms with Gasteiger partial charge in [0.2, 0.25) is 0 Å². The Morgan fingerprint density at radius 3 is 2.79 bits per heavy atom. The summed E-state index contributed by atoms with van der Waals surface area (Å²) in [7, 11) is 0. The molecule has 0 radical (unpaired) electrons. The minimum absolute atomic E-state index is 0.392. The summed E-state index contributed by atoms with van der Waals surface area (Å²) in [6.45, 7) is 7.94. The number of aromatic nitrogens is 2. The lowest BCUT2D eigenvalue weighted by Gasteiger charge is -2.19. The third kappa shape index (κ3) is 7.18. The molecular weight excluding hydrogens is 242 g/mol. The third-order valence-corrected chi connectivity index (χ3v) is 2.04. The first kappa shape index (κ1) is 15.1. The standard InChI is InChI=1S/C14H21N3O2/c1-11-9-15-10-12(17-11)7-5-6-8-16-13(18)19-14(2,3)4/h5,7,9-10H,6,8H2,1-4H3,(H,16,18). The Hall–Kier alpha value is -1.91. The third-order valence-electron chi connectivity index (χ3n) is 2.04. The molecule has 5 heteroatoms. The molecule has 1 aromatic heterocycles. The van der Waals surface area contributed by atoms with E-state index in [-0.39, 0.29) is 0 Å². The van der Waals surface area contributed by atoms with Crippen molar-refractivity contribution < 1.29 is 9.53 Å². The summed E-state index contributed by atoms with van der Waals surface area (Å²) in [5.41, 5.74) is 1.24. The molecule has 0 aliphatic rings. The van der Waals surface area contributed by atoms with E-state index in [2.05, 4.69) is 15.3 Å². The summed E-state index contributed by atoms with van der Waals surface area (Å²) in [5, 5.41) is 2.69. The average Bonchev–Trinajstić information content (AvgIpc) is 2.26. The van der Waals surface area contributed by atoms with Gasteiger partial charge in [-0.15, -0.1) is 0 Å². The minimum Gasteiger partial charge on any atom is -0.444 e. The van der Waals surface area contributed by atoms with Gasteiger partial charge in [0, 0.05) is 12.7 Å². The molecule has 0 saturated heterocycles. The van der Waals surface area contributed by atoms with Crippen LogP contribution in [0.3, 0.4) is 0 Å². The van der Waals surface area contributed by atoms with Crippen molar-refractivity contribution in [1.29, 1.82) is 0 Å². The normalized spacial score (nSPS) is 11.6. The SMILES string of the molecule is Cc1cncc(C=CCCNC(=O)OC(C)(C)C)n1. The summed E-state index contributed by atoms with van der Waals surface area (Å²) in [6.07, 6.45) is 7.56. The molecule has 0 saturated carbocycles. The number of carbonyl (C=O) groups is 1. The van der Waals surface area contributed by atoms with Crippen LogP contribution in [0, 0.1) is 6.92 Å². The molecule has 0 unspecified atom stereocenters. The van der Waals surface area contributed by atoms with Crippen LogP contribution >= 0.6 is 0 Å². The van der Waals surface area contributed by atoms with E-state index < -0.39 is 11.7 Å². The number of aryl methyl sites for hydroxylation is 1. The maximum absolute atomic E-state index is 11.4. The van der Waals surface area contributed by atoms with Gasteiger partial charge in [-0.25, -0.2) is 4.79 Å². The smallest absolute Gasteiger partial charge is 0.407 e. The van der Waals surface area contributed by atoms with Crippen LogP contribution in [0.2, 0.25) is 0 Å². The van der Waals surface area contributed by atoms with Crippen molar-refractivity contribution in [3.8, 4) is 0 Å².